The van der Waals surface area contributed by atoms with Crippen LogP contribution in [0, 0.1) is 0 Å². The van der Waals surface area contributed by atoms with Crippen LogP contribution < -0.4 is 5.32 Å². The Morgan fingerprint density at radius 1 is 1.00 bits per heavy atom. The molecule has 0 fully saturated rings. The first-order chi connectivity index (χ1) is 10.7. The molecule has 0 aromatic heterocycles. The summed E-state index contributed by atoms with van der Waals surface area (Å²) in [6.07, 6.45) is 2.07. The lowest BCUT2D eigenvalue weighted by Crippen LogP contribution is -2.45. The number of rotatable bonds is 3. The third-order valence-corrected chi connectivity index (χ3v) is 4.16. The van der Waals surface area contributed by atoms with Crippen LogP contribution >= 0.6 is 11.6 Å². The molecule has 1 aliphatic heterocycles. The molecule has 22 heavy (non-hydrogen) atoms. The van der Waals surface area contributed by atoms with Gasteiger partial charge in [-0.3, -0.25) is 4.99 Å². The second-order valence-corrected chi connectivity index (χ2v) is 5.89. The second kappa shape index (κ2) is 6.51. The predicted octanol–water partition coefficient (Wildman–Crippen LogP) is 3.36. The van der Waals surface area contributed by atoms with Crippen molar-refractivity contribution in [1.82, 2.24) is 5.32 Å². The van der Waals surface area contributed by atoms with Gasteiger partial charge in [-0.25, -0.2) is 0 Å². The molecule has 0 spiro atoms. The van der Waals surface area contributed by atoms with E-state index < -0.39 is 5.60 Å². The fourth-order valence-corrected chi connectivity index (χ4v) is 2.96. The van der Waals surface area contributed by atoms with Gasteiger partial charge >= 0.3 is 0 Å². The number of amidine groups is 1. The summed E-state index contributed by atoms with van der Waals surface area (Å²) >= 11 is 6.14. The molecule has 3 nitrogen and oxygen atoms in total. The van der Waals surface area contributed by atoms with E-state index in [0.717, 1.165) is 37.1 Å². The lowest BCUT2D eigenvalue weighted by atomic mass is 9.85. The van der Waals surface area contributed by atoms with Crippen LogP contribution in [0.1, 0.15) is 24.0 Å². The van der Waals surface area contributed by atoms with E-state index in [2.05, 4.69) is 10.3 Å². The molecule has 0 amide bonds. The van der Waals surface area contributed by atoms with Gasteiger partial charge in [-0.1, -0.05) is 54.1 Å². The molecule has 2 aromatic rings. The van der Waals surface area contributed by atoms with E-state index in [1.165, 1.54) is 0 Å². The van der Waals surface area contributed by atoms with Gasteiger partial charge in [-0.05, 0) is 36.1 Å². The van der Waals surface area contributed by atoms with Gasteiger partial charge in [-0.15, -0.1) is 0 Å². The minimum Gasteiger partial charge on any atom is -0.373 e. The molecule has 0 bridgehead atoms. The largest absolute Gasteiger partial charge is 0.373 e. The number of benzene rings is 2. The van der Waals surface area contributed by atoms with Gasteiger partial charge in [-0.2, -0.15) is 0 Å². The van der Waals surface area contributed by atoms with Crippen molar-refractivity contribution >= 4 is 17.4 Å². The molecule has 1 heterocycles. The molecule has 0 aliphatic carbocycles. The van der Waals surface area contributed by atoms with Crippen molar-refractivity contribution in [1.29, 1.82) is 0 Å². The Morgan fingerprint density at radius 3 is 2.55 bits per heavy atom. The van der Waals surface area contributed by atoms with E-state index in [9.17, 15) is 5.11 Å². The smallest absolute Gasteiger partial charge is 0.172 e. The van der Waals surface area contributed by atoms with Gasteiger partial charge in [0.25, 0.3) is 0 Å². The molecule has 0 saturated carbocycles. The van der Waals surface area contributed by atoms with Crippen molar-refractivity contribution in [2.75, 3.05) is 13.1 Å². The Morgan fingerprint density at radius 2 is 1.77 bits per heavy atom. The highest BCUT2D eigenvalue weighted by Crippen LogP contribution is 2.32. The van der Waals surface area contributed by atoms with Crippen molar-refractivity contribution in [3.8, 4) is 0 Å². The Kier molecular flexibility index (Phi) is 4.46. The molecule has 1 atom stereocenters. The van der Waals surface area contributed by atoms with E-state index >= 15 is 0 Å². The van der Waals surface area contributed by atoms with Crippen molar-refractivity contribution in [2.24, 2.45) is 4.99 Å². The Hall–Kier alpha value is -1.84. The average Bonchev–Trinajstić information content (AvgIpc) is 2.84. The molecule has 0 radical (unpaired) electrons. The molecule has 2 aromatic carbocycles. The lowest BCUT2D eigenvalue weighted by molar-refractivity contribution is 0.151. The van der Waals surface area contributed by atoms with Crippen molar-refractivity contribution < 1.29 is 5.11 Å². The van der Waals surface area contributed by atoms with Crippen LogP contribution in [-0.4, -0.2) is 24.0 Å². The van der Waals surface area contributed by atoms with Crippen LogP contribution in [-0.2, 0) is 5.60 Å². The highest BCUT2D eigenvalue weighted by atomic mass is 35.5. The summed E-state index contributed by atoms with van der Waals surface area (Å²) in [5.41, 5.74) is 0.195. The number of nitrogens with zero attached hydrogens (tertiary/aromatic N) is 1. The summed E-state index contributed by atoms with van der Waals surface area (Å²) in [5, 5.41) is 15.5. The molecule has 3 rings (SSSR count). The third-order valence-electron chi connectivity index (χ3n) is 3.92. The Bertz CT molecular complexity index is 672. The first-order valence-electron chi connectivity index (χ1n) is 7.54. The van der Waals surface area contributed by atoms with Gasteiger partial charge in [0.2, 0.25) is 0 Å². The summed E-state index contributed by atoms with van der Waals surface area (Å²) < 4.78 is 0. The number of aliphatic imine (C=N–C) groups is 1. The predicted molar refractivity (Wildman–Crippen MR) is 90.4 cm³/mol. The average molecular weight is 315 g/mol. The van der Waals surface area contributed by atoms with Crippen LogP contribution in [0.2, 0.25) is 5.02 Å². The molecule has 4 heteroatoms. The van der Waals surface area contributed by atoms with Crippen LogP contribution in [0.5, 0.6) is 0 Å². The molecule has 2 N–H and O–H groups in total. The molecular weight excluding hydrogens is 296 g/mol. The lowest BCUT2D eigenvalue weighted by Gasteiger charge is -2.31. The van der Waals surface area contributed by atoms with E-state index in [1.807, 2.05) is 42.5 Å². The summed E-state index contributed by atoms with van der Waals surface area (Å²) in [6, 6.07) is 16.9. The highest BCUT2D eigenvalue weighted by molar-refractivity contribution is 6.30. The van der Waals surface area contributed by atoms with Crippen LogP contribution in [0.4, 0.5) is 0 Å². The Labute approximate surface area is 135 Å². The first-order valence-corrected chi connectivity index (χ1v) is 7.92. The zero-order valence-electron chi connectivity index (χ0n) is 12.3. The van der Waals surface area contributed by atoms with E-state index in [1.54, 1.807) is 12.1 Å². The van der Waals surface area contributed by atoms with E-state index in [-0.39, 0.29) is 0 Å². The zero-order chi connectivity index (χ0) is 15.4. The maximum atomic E-state index is 11.6. The first kappa shape index (κ1) is 15.1. The summed E-state index contributed by atoms with van der Waals surface area (Å²) in [7, 11) is 0. The maximum absolute atomic E-state index is 11.6. The van der Waals surface area contributed by atoms with Crippen LogP contribution in [0.3, 0.4) is 0 Å². The summed E-state index contributed by atoms with van der Waals surface area (Å²) in [6.45, 7) is 1.53. The van der Waals surface area contributed by atoms with E-state index in [0.29, 0.717) is 10.9 Å². The van der Waals surface area contributed by atoms with Crippen molar-refractivity contribution in [2.45, 2.75) is 18.4 Å². The van der Waals surface area contributed by atoms with Crippen LogP contribution in [0.15, 0.2) is 59.6 Å². The summed E-state index contributed by atoms with van der Waals surface area (Å²) in [5.74, 6) is 0.596. The second-order valence-electron chi connectivity index (χ2n) is 5.45. The number of halogens is 1. The Balaban J connectivity index is 2.15. The monoisotopic (exact) mass is 314 g/mol. The van der Waals surface area contributed by atoms with Crippen molar-refractivity contribution in [3.05, 3.63) is 70.7 Å². The molecule has 1 aliphatic rings. The van der Waals surface area contributed by atoms with Crippen LogP contribution in [0.25, 0.3) is 0 Å². The quantitative estimate of drug-likeness (QED) is 0.912. The minimum atomic E-state index is -1.31. The van der Waals surface area contributed by atoms with Gasteiger partial charge in [0.1, 0.15) is 5.84 Å². The fourth-order valence-electron chi connectivity index (χ4n) is 2.77. The minimum absolute atomic E-state index is 0.596. The topological polar surface area (TPSA) is 44.6 Å². The number of hydrogen-bond acceptors (Lipinski definition) is 3. The highest BCUT2D eigenvalue weighted by Gasteiger charge is 2.38. The zero-order valence-corrected chi connectivity index (χ0v) is 13.1. The van der Waals surface area contributed by atoms with Crippen molar-refractivity contribution in [3.63, 3.8) is 0 Å². The van der Waals surface area contributed by atoms with Gasteiger partial charge < -0.3 is 10.4 Å². The number of nitrogens with one attached hydrogen (secondary N) is 1. The normalized spacial score (nSPS) is 17.8. The SMILES string of the molecule is OC(C1=NCCCCN1)(c1ccccc1)c1cccc(Cl)c1. The third kappa shape index (κ3) is 2.87. The fraction of sp³-hybridized carbons (Fsp3) is 0.278. The molecule has 114 valence electrons. The number of aliphatic hydroxyl groups is 1. The van der Waals surface area contributed by atoms with Gasteiger partial charge in [0, 0.05) is 18.1 Å². The van der Waals surface area contributed by atoms with Gasteiger partial charge in [0.15, 0.2) is 5.60 Å². The van der Waals surface area contributed by atoms with E-state index in [4.69, 9.17) is 11.6 Å². The molecular formula is C18H19ClN2O. The maximum Gasteiger partial charge on any atom is 0.172 e. The molecule has 1 unspecified atom stereocenters. The number of hydrogen-bond donors (Lipinski definition) is 2. The standard InChI is InChI=1S/C18H19ClN2O/c19-16-10-6-9-15(13-16)18(22,14-7-2-1-3-8-14)17-20-11-4-5-12-21-17/h1-3,6-10,13,22H,4-5,11-12H2,(H,20,21). The summed E-state index contributed by atoms with van der Waals surface area (Å²) in [4.78, 5) is 4.59. The molecule has 0 saturated heterocycles. The van der Waals surface area contributed by atoms with Gasteiger partial charge in [0.05, 0.1) is 0 Å².